The summed E-state index contributed by atoms with van der Waals surface area (Å²) < 4.78 is 0. The molecular formula is C14H18OS. The molecule has 1 fully saturated rings. The first-order valence-electron chi connectivity index (χ1n) is 5.98. The van der Waals surface area contributed by atoms with Gasteiger partial charge in [-0.1, -0.05) is 32.4 Å². The van der Waals surface area contributed by atoms with Gasteiger partial charge in [0.1, 0.15) is 0 Å². The topological polar surface area (TPSA) is 17.1 Å². The van der Waals surface area contributed by atoms with Crippen LogP contribution in [-0.2, 0) is 0 Å². The summed E-state index contributed by atoms with van der Waals surface area (Å²) in [6.07, 6.45) is 3.39. The molecular weight excluding hydrogens is 216 g/mol. The van der Waals surface area contributed by atoms with E-state index in [0.717, 1.165) is 18.4 Å². The highest BCUT2D eigenvalue weighted by atomic mass is 32.2. The number of hydrogen-bond donors (Lipinski definition) is 0. The molecule has 2 heteroatoms. The largest absolute Gasteiger partial charge is 0.294 e. The molecule has 0 spiro atoms. The lowest BCUT2D eigenvalue weighted by molar-refractivity contribution is 0.0855. The fourth-order valence-corrected chi connectivity index (χ4v) is 2.71. The number of hydrogen-bond acceptors (Lipinski definition) is 2. The van der Waals surface area contributed by atoms with Gasteiger partial charge in [0.15, 0.2) is 5.78 Å². The Labute approximate surface area is 102 Å². The fourth-order valence-electron chi connectivity index (χ4n) is 1.88. The van der Waals surface area contributed by atoms with Crippen LogP contribution in [0.3, 0.4) is 0 Å². The second-order valence-electron chi connectivity index (χ2n) is 4.68. The van der Waals surface area contributed by atoms with Crippen molar-refractivity contribution >= 4 is 17.5 Å². The molecule has 0 radical (unpaired) electrons. The summed E-state index contributed by atoms with van der Waals surface area (Å²) in [5.74, 6) is 0.649. The van der Waals surface area contributed by atoms with E-state index in [0.29, 0.717) is 17.0 Å². The molecule has 0 unspecified atom stereocenters. The SMILES string of the molecule is CC(C)Sc1ccc(C(=O)C2CCC2)cc1. The summed E-state index contributed by atoms with van der Waals surface area (Å²) >= 11 is 1.84. The Morgan fingerprint density at radius 1 is 1.25 bits per heavy atom. The molecule has 0 aliphatic heterocycles. The minimum absolute atomic E-state index is 0.309. The average molecular weight is 234 g/mol. The minimum Gasteiger partial charge on any atom is -0.294 e. The van der Waals surface area contributed by atoms with Gasteiger partial charge in [0.25, 0.3) is 0 Å². The zero-order valence-electron chi connectivity index (χ0n) is 9.90. The predicted octanol–water partition coefficient (Wildman–Crippen LogP) is 4.17. The molecule has 86 valence electrons. The third kappa shape index (κ3) is 2.67. The van der Waals surface area contributed by atoms with Crippen LogP contribution < -0.4 is 0 Å². The first-order chi connectivity index (χ1) is 7.66. The van der Waals surface area contributed by atoms with Crippen molar-refractivity contribution in [1.82, 2.24) is 0 Å². The molecule has 0 heterocycles. The molecule has 0 amide bonds. The van der Waals surface area contributed by atoms with Crippen molar-refractivity contribution in [2.45, 2.75) is 43.3 Å². The fraction of sp³-hybridized carbons (Fsp3) is 0.500. The third-order valence-electron chi connectivity index (χ3n) is 2.99. The van der Waals surface area contributed by atoms with Gasteiger partial charge >= 0.3 is 0 Å². The number of thioether (sulfide) groups is 1. The van der Waals surface area contributed by atoms with E-state index in [-0.39, 0.29) is 0 Å². The molecule has 1 aliphatic rings. The van der Waals surface area contributed by atoms with Crippen LogP contribution in [0.1, 0.15) is 43.5 Å². The van der Waals surface area contributed by atoms with Crippen LogP contribution in [0.15, 0.2) is 29.2 Å². The molecule has 0 bridgehead atoms. The first-order valence-corrected chi connectivity index (χ1v) is 6.85. The van der Waals surface area contributed by atoms with Crippen molar-refractivity contribution in [2.75, 3.05) is 0 Å². The molecule has 0 aromatic heterocycles. The summed E-state index contributed by atoms with van der Waals surface area (Å²) in [6.45, 7) is 4.36. The van der Waals surface area contributed by atoms with Crippen molar-refractivity contribution in [3.63, 3.8) is 0 Å². The van der Waals surface area contributed by atoms with Gasteiger partial charge in [-0.15, -0.1) is 11.8 Å². The van der Waals surface area contributed by atoms with E-state index in [9.17, 15) is 4.79 Å². The van der Waals surface area contributed by atoms with Gasteiger partial charge in [-0.25, -0.2) is 0 Å². The Morgan fingerprint density at radius 2 is 1.88 bits per heavy atom. The van der Waals surface area contributed by atoms with E-state index < -0.39 is 0 Å². The number of carbonyl (C=O) groups excluding carboxylic acids is 1. The number of carbonyl (C=O) groups is 1. The Hall–Kier alpha value is -0.760. The standard InChI is InChI=1S/C14H18OS/c1-10(2)16-13-8-6-12(7-9-13)14(15)11-4-3-5-11/h6-11H,3-5H2,1-2H3. The molecule has 1 aromatic rings. The van der Waals surface area contributed by atoms with Crippen LogP contribution in [0.5, 0.6) is 0 Å². The molecule has 1 nitrogen and oxygen atoms in total. The normalized spacial score (nSPS) is 16.2. The Bertz CT molecular complexity index is 363. The number of rotatable bonds is 4. The molecule has 0 N–H and O–H groups in total. The highest BCUT2D eigenvalue weighted by Crippen LogP contribution is 2.30. The van der Waals surface area contributed by atoms with E-state index >= 15 is 0 Å². The average Bonchev–Trinajstić information content (AvgIpc) is 2.15. The van der Waals surface area contributed by atoms with E-state index in [1.54, 1.807) is 0 Å². The zero-order chi connectivity index (χ0) is 11.5. The van der Waals surface area contributed by atoms with Crippen LogP contribution in [0.25, 0.3) is 0 Å². The first kappa shape index (κ1) is 11.7. The number of benzene rings is 1. The van der Waals surface area contributed by atoms with Crippen LogP contribution in [-0.4, -0.2) is 11.0 Å². The second kappa shape index (κ2) is 5.05. The lowest BCUT2D eigenvalue weighted by atomic mass is 9.80. The van der Waals surface area contributed by atoms with Gasteiger partial charge < -0.3 is 0 Å². The number of Topliss-reactive ketones (excluding diaryl/α,β-unsaturated/α-hetero) is 1. The second-order valence-corrected chi connectivity index (χ2v) is 6.33. The maximum Gasteiger partial charge on any atom is 0.165 e. The monoisotopic (exact) mass is 234 g/mol. The lowest BCUT2D eigenvalue weighted by Gasteiger charge is -2.23. The summed E-state index contributed by atoms with van der Waals surface area (Å²) in [4.78, 5) is 13.2. The molecule has 1 aromatic carbocycles. The minimum atomic E-state index is 0.309. The Kier molecular flexibility index (Phi) is 3.70. The van der Waals surface area contributed by atoms with E-state index in [1.165, 1.54) is 11.3 Å². The highest BCUT2D eigenvalue weighted by Gasteiger charge is 2.25. The highest BCUT2D eigenvalue weighted by molar-refractivity contribution is 7.99. The summed E-state index contributed by atoms with van der Waals surface area (Å²) in [6, 6.07) is 8.09. The van der Waals surface area contributed by atoms with E-state index in [2.05, 4.69) is 26.0 Å². The van der Waals surface area contributed by atoms with Crippen molar-refractivity contribution < 1.29 is 4.79 Å². The Morgan fingerprint density at radius 3 is 2.31 bits per heavy atom. The van der Waals surface area contributed by atoms with Gasteiger partial charge in [0.05, 0.1) is 0 Å². The zero-order valence-corrected chi connectivity index (χ0v) is 10.7. The van der Waals surface area contributed by atoms with Crippen LogP contribution in [0, 0.1) is 5.92 Å². The van der Waals surface area contributed by atoms with Gasteiger partial charge in [-0.3, -0.25) is 4.79 Å². The van der Waals surface area contributed by atoms with Crippen molar-refractivity contribution in [3.8, 4) is 0 Å². The maximum atomic E-state index is 12.0. The summed E-state index contributed by atoms with van der Waals surface area (Å²) in [5, 5.41) is 0.591. The van der Waals surface area contributed by atoms with Crippen LogP contribution >= 0.6 is 11.8 Å². The summed E-state index contributed by atoms with van der Waals surface area (Å²) in [5.41, 5.74) is 0.887. The molecule has 0 atom stereocenters. The third-order valence-corrected chi connectivity index (χ3v) is 4.00. The van der Waals surface area contributed by atoms with Crippen LogP contribution in [0.4, 0.5) is 0 Å². The summed E-state index contributed by atoms with van der Waals surface area (Å²) in [7, 11) is 0. The van der Waals surface area contributed by atoms with Gasteiger partial charge in [-0.05, 0) is 25.0 Å². The molecule has 1 saturated carbocycles. The van der Waals surface area contributed by atoms with Gasteiger partial charge in [-0.2, -0.15) is 0 Å². The van der Waals surface area contributed by atoms with Gasteiger partial charge in [0.2, 0.25) is 0 Å². The quantitative estimate of drug-likeness (QED) is 0.574. The van der Waals surface area contributed by atoms with Gasteiger partial charge in [0, 0.05) is 21.6 Å². The van der Waals surface area contributed by atoms with E-state index in [4.69, 9.17) is 0 Å². The van der Waals surface area contributed by atoms with Crippen molar-refractivity contribution in [3.05, 3.63) is 29.8 Å². The van der Waals surface area contributed by atoms with Crippen molar-refractivity contribution in [2.24, 2.45) is 5.92 Å². The molecule has 16 heavy (non-hydrogen) atoms. The predicted molar refractivity (Wildman–Crippen MR) is 69.1 cm³/mol. The maximum absolute atomic E-state index is 12.0. The van der Waals surface area contributed by atoms with Crippen LogP contribution in [0.2, 0.25) is 0 Å². The molecule has 0 saturated heterocycles. The molecule has 1 aliphatic carbocycles. The number of ketones is 1. The van der Waals surface area contributed by atoms with E-state index in [1.807, 2.05) is 23.9 Å². The van der Waals surface area contributed by atoms with Crippen molar-refractivity contribution in [1.29, 1.82) is 0 Å². The molecule has 2 rings (SSSR count). The smallest absolute Gasteiger partial charge is 0.165 e. The Balaban J connectivity index is 2.03. The lowest BCUT2D eigenvalue weighted by Crippen LogP contribution is -2.21.